The number of aromatic nitrogens is 2. The molecule has 0 fully saturated rings. The van der Waals surface area contributed by atoms with Crippen LogP contribution < -0.4 is 17.0 Å². The Morgan fingerprint density at radius 2 is 2.31 bits per heavy atom. The summed E-state index contributed by atoms with van der Waals surface area (Å²) >= 11 is 0. The molecule has 0 saturated heterocycles. The molecule has 0 spiro atoms. The van der Waals surface area contributed by atoms with E-state index in [0.717, 1.165) is 5.57 Å². The van der Waals surface area contributed by atoms with Crippen molar-refractivity contribution in [1.29, 1.82) is 0 Å². The predicted molar refractivity (Wildman–Crippen MR) is 50.5 cm³/mol. The van der Waals surface area contributed by atoms with Crippen LogP contribution >= 0.6 is 0 Å². The van der Waals surface area contributed by atoms with Gasteiger partial charge in [0.2, 0.25) is 0 Å². The number of nitrogens with zero attached hydrogens (tertiary/aromatic N) is 1. The summed E-state index contributed by atoms with van der Waals surface area (Å²) in [6, 6.07) is 0. The average molecular weight is 181 g/mol. The Hall–Kier alpha value is -1.78. The first-order chi connectivity index (χ1) is 6.00. The Kier molecular flexibility index (Phi) is 2.36. The van der Waals surface area contributed by atoms with Crippen molar-refractivity contribution in [3.8, 4) is 0 Å². The molecule has 0 saturated carbocycles. The highest BCUT2D eigenvalue weighted by molar-refractivity contribution is 5.30. The molecule has 0 amide bonds. The van der Waals surface area contributed by atoms with Crippen LogP contribution in [0.5, 0.6) is 0 Å². The highest BCUT2D eigenvalue weighted by atomic mass is 16.2. The van der Waals surface area contributed by atoms with Gasteiger partial charge < -0.3 is 5.73 Å². The fourth-order valence-corrected chi connectivity index (χ4v) is 0.934. The summed E-state index contributed by atoms with van der Waals surface area (Å²) in [7, 11) is 0. The van der Waals surface area contributed by atoms with Gasteiger partial charge >= 0.3 is 5.69 Å². The predicted octanol–water partition coefficient (Wildman–Crippen LogP) is -0.305. The zero-order valence-electron chi connectivity index (χ0n) is 7.33. The second-order valence-corrected chi connectivity index (χ2v) is 2.93. The Bertz CT molecular complexity index is 441. The van der Waals surface area contributed by atoms with Crippen molar-refractivity contribution in [3.63, 3.8) is 0 Å². The van der Waals surface area contributed by atoms with Crippen molar-refractivity contribution in [1.82, 2.24) is 9.55 Å². The quantitative estimate of drug-likeness (QED) is 0.614. The van der Waals surface area contributed by atoms with Crippen LogP contribution in [-0.4, -0.2) is 9.55 Å². The first kappa shape index (κ1) is 9.31. The summed E-state index contributed by atoms with van der Waals surface area (Å²) < 4.78 is 1.30. The molecule has 0 aliphatic carbocycles. The summed E-state index contributed by atoms with van der Waals surface area (Å²) in [5, 5.41) is 0. The van der Waals surface area contributed by atoms with E-state index in [9.17, 15) is 9.59 Å². The smallest absolute Gasteiger partial charge is 0.328 e. The number of hydrogen-bond donors (Lipinski definition) is 2. The summed E-state index contributed by atoms with van der Waals surface area (Å²) in [5.74, 6) is 0. The van der Waals surface area contributed by atoms with Crippen molar-refractivity contribution in [2.24, 2.45) is 0 Å². The van der Waals surface area contributed by atoms with Gasteiger partial charge in [-0.05, 0) is 6.92 Å². The van der Waals surface area contributed by atoms with Gasteiger partial charge in [-0.3, -0.25) is 14.3 Å². The molecule has 0 bridgehead atoms. The van der Waals surface area contributed by atoms with Gasteiger partial charge in [0.25, 0.3) is 5.56 Å². The van der Waals surface area contributed by atoms with Crippen LogP contribution in [0.15, 0.2) is 27.9 Å². The molecular weight excluding hydrogens is 170 g/mol. The van der Waals surface area contributed by atoms with Crippen LogP contribution in [0.4, 0.5) is 5.69 Å². The maximum absolute atomic E-state index is 11.1. The minimum Gasteiger partial charge on any atom is -0.393 e. The number of nitrogens with one attached hydrogen (secondary N) is 1. The lowest BCUT2D eigenvalue weighted by Crippen LogP contribution is -2.31. The summed E-state index contributed by atoms with van der Waals surface area (Å²) in [6.07, 6.45) is 1.32. The molecular formula is C8H11N3O2. The Labute approximate surface area is 74.5 Å². The third-order valence-electron chi connectivity index (χ3n) is 1.48. The number of H-pyrrole nitrogens is 1. The fourth-order valence-electron chi connectivity index (χ4n) is 0.934. The van der Waals surface area contributed by atoms with Gasteiger partial charge in [0.15, 0.2) is 0 Å². The van der Waals surface area contributed by atoms with Gasteiger partial charge in [-0.1, -0.05) is 12.2 Å². The van der Waals surface area contributed by atoms with Gasteiger partial charge in [-0.25, -0.2) is 4.79 Å². The molecule has 70 valence electrons. The van der Waals surface area contributed by atoms with Gasteiger partial charge in [0, 0.05) is 12.7 Å². The van der Waals surface area contributed by atoms with Crippen LogP contribution in [0.25, 0.3) is 0 Å². The monoisotopic (exact) mass is 181 g/mol. The van der Waals surface area contributed by atoms with E-state index in [4.69, 9.17) is 5.73 Å². The molecule has 5 heteroatoms. The lowest BCUT2D eigenvalue weighted by Gasteiger charge is -2.04. The average Bonchev–Trinajstić information content (AvgIpc) is 1.99. The first-order valence-electron chi connectivity index (χ1n) is 3.74. The first-order valence-corrected chi connectivity index (χ1v) is 3.74. The zero-order valence-corrected chi connectivity index (χ0v) is 7.33. The summed E-state index contributed by atoms with van der Waals surface area (Å²) in [5.41, 5.74) is 5.15. The molecule has 0 atom stereocenters. The minimum atomic E-state index is -0.553. The van der Waals surface area contributed by atoms with E-state index in [-0.39, 0.29) is 5.69 Å². The number of rotatable bonds is 2. The molecule has 0 unspecified atom stereocenters. The molecule has 0 aliphatic rings. The Balaban J connectivity index is 3.24. The maximum Gasteiger partial charge on any atom is 0.328 e. The molecule has 3 N–H and O–H groups in total. The lowest BCUT2D eigenvalue weighted by molar-refractivity contribution is 0.715. The van der Waals surface area contributed by atoms with Crippen LogP contribution in [0.1, 0.15) is 6.92 Å². The van der Waals surface area contributed by atoms with E-state index in [2.05, 4.69) is 11.6 Å². The second-order valence-electron chi connectivity index (χ2n) is 2.93. The van der Waals surface area contributed by atoms with Crippen LogP contribution in [0.2, 0.25) is 0 Å². The maximum atomic E-state index is 11.1. The normalized spacial score (nSPS) is 9.92. The van der Waals surface area contributed by atoms with Crippen molar-refractivity contribution < 1.29 is 0 Å². The molecule has 1 rings (SSSR count). The summed E-state index contributed by atoms with van der Waals surface area (Å²) in [6.45, 7) is 5.80. The summed E-state index contributed by atoms with van der Waals surface area (Å²) in [4.78, 5) is 24.1. The minimum absolute atomic E-state index is 0.0286. The number of hydrogen-bond acceptors (Lipinski definition) is 3. The molecule has 1 aromatic rings. The van der Waals surface area contributed by atoms with Gasteiger partial charge in [-0.15, -0.1) is 0 Å². The Morgan fingerprint density at radius 3 is 2.85 bits per heavy atom. The van der Waals surface area contributed by atoms with Crippen molar-refractivity contribution in [2.45, 2.75) is 13.5 Å². The third kappa shape index (κ3) is 2.08. The largest absolute Gasteiger partial charge is 0.393 e. The van der Waals surface area contributed by atoms with E-state index in [1.165, 1.54) is 10.8 Å². The highest BCUT2D eigenvalue weighted by Gasteiger charge is 2.00. The zero-order chi connectivity index (χ0) is 10.0. The standard InChI is InChI=1S/C8H11N3O2/c1-5(2)3-11-4-6(9)7(12)10-8(11)13/h4H,1,3,9H2,2H3,(H,10,12,13). The molecule has 1 heterocycles. The number of anilines is 1. The molecule has 1 aromatic heterocycles. The highest BCUT2D eigenvalue weighted by Crippen LogP contribution is 1.93. The van der Waals surface area contributed by atoms with E-state index in [1.807, 2.05) is 0 Å². The molecule has 0 radical (unpaired) electrons. The molecule has 13 heavy (non-hydrogen) atoms. The van der Waals surface area contributed by atoms with Crippen LogP contribution in [0.3, 0.4) is 0 Å². The number of aromatic amines is 1. The fraction of sp³-hybridized carbons (Fsp3) is 0.250. The molecule has 0 aliphatic heterocycles. The topological polar surface area (TPSA) is 80.9 Å². The Morgan fingerprint density at radius 1 is 1.69 bits per heavy atom. The van der Waals surface area contributed by atoms with E-state index in [1.54, 1.807) is 6.92 Å². The molecule has 0 aromatic carbocycles. The number of nitrogen functional groups attached to an aromatic ring is 1. The van der Waals surface area contributed by atoms with Crippen molar-refractivity contribution in [2.75, 3.05) is 5.73 Å². The van der Waals surface area contributed by atoms with Crippen LogP contribution in [-0.2, 0) is 6.54 Å². The molecule has 5 nitrogen and oxygen atoms in total. The van der Waals surface area contributed by atoms with Gasteiger partial charge in [-0.2, -0.15) is 0 Å². The van der Waals surface area contributed by atoms with Crippen LogP contribution in [0, 0.1) is 0 Å². The lowest BCUT2D eigenvalue weighted by atomic mass is 10.3. The van der Waals surface area contributed by atoms with Gasteiger partial charge in [0.05, 0.1) is 0 Å². The number of allylic oxidation sites excluding steroid dienone is 1. The second kappa shape index (κ2) is 3.30. The van der Waals surface area contributed by atoms with E-state index < -0.39 is 11.2 Å². The van der Waals surface area contributed by atoms with Crippen molar-refractivity contribution >= 4 is 5.69 Å². The van der Waals surface area contributed by atoms with E-state index in [0.29, 0.717) is 6.54 Å². The SMILES string of the molecule is C=C(C)Cn1cc(N)c(=O)[nH]c1=O. The van der Waals surface area contributed by atoms with E-state index >= 15 is 0 Å². The van der Waals surface area contributed by atoms with Crippen molar-refractivity contribution in [3.05, 3.63) is 39.2 Å². The van der Waals surface area contributed by atoms with Gasteiger partial charge in [0.1, 0.15) is 5.69 Å². The number of nitrogens with two attached hydrogens (primary N) is 1. The third-order valence-corrected chi connectivity index (χ3v) is 1.48.